The summed E-state index contributed by atoms with van der Waals surface area (Å²) in [6, 6.07) is 0. The molecular weight excluding hydrogens is 157 g/mol. The minimum atomic E-state index is -3.11. The maximum atomic E-state index is 8.61. The molecule has 3 nitrogen and oxygen atoms in total. The van der Waals surface area contributed by atoms with E-state index in [0.717, 1.165) is 12.8 Å². The molecule has 0 bridgehead atoms. The molecule has 56 valence electrons. The van der Waals surface area contributed by atoms with E-state index >= 15 is 0 Å². The van der Waals surface area contributed by atoms with Gasteiger partial charge in [0.1, 0.15) is 0 Å². The van der Waals surface area contributed by atoms with Gasteiger partial charge in [-0.05, 0) is 18.2 Å². The van der Waals surface area contributed by atoms with Gasteiger partial charge in [-0.1, -0.05) is 13.3 Å². The Kier molecular flexibility index (Phi) is 4.62. The molecule has 0 aromatic carbocycles. The van der Waals surface area contributed by atoms with Crippen LogP contribution >= 0.6 is 6.64 Å². The van der Waals surface area contributed by atoms with Gasteiger partial charge in [-0.15, -0.1) is 0 Å². The minimum absolute atomic E-state index is 0.598. The van der Waals surface area contributed by atoms with Crippen LogP contribution in [0.25, 0.3) is 0 Å². The lowest BCUT2D eigenvalue weighted by Crippen LogP contribution is -2.10. The van der Waals surface area contributed by atoms with Crippen molar-refractivity contribution in [2.24, 2.45) is 0 Å². The third-order valence-electron chi connectivity index (χ3n) is 0.848. The van der Waals surface area contributed by atoms with E-state index in [2.05, 4.69) is 16.9 Å². The molecule has 0 unspecified atom stereocenters. The average Bonchev–Trinajstić information content (AvgIpc) is 1.63. The third-order valence-corrected chi connectivity index (χ3v) is 1.87. The number of rotatable bonds is 4. The summed E-state index contributed by atoms with van der Waals surface area (Å²) in [6.07, 6.45) is 1.96. The van der Waals surface area contributed by atoms with E-state index in [9.17, 15) is 0 Å². The largest absolute Gasteiger partial charge is 0.334 e. The van der Waals surface area contributed by atoms with Gasteiger partial charge in [-0.25, -0.2) is 5.09 Å². The maximum Gasteiger partial charge on any atom is 0.255 e. The minimum Gasteiger partial charge on any atom is -0.334 e. The molecule has 0 aromatic rings. The highest BCUT2D eigenvalue weighted by Crippen LogP contribution is 2.28. The van der Waals surface area contributed by atoms with Crippen molar-refractivity contribution >= 4 is 18.4 Å². The number of nitrogens with one attached hydrogen (secondary N) is 1. The highest BCUT2D eigenvalue weighted by molar-refractivity contribution is 8.08. The number of hydrogen-bond acceptors (Lipinski definition) is 1. The first kappa shape index (κ1) is 9.53. The molecule has 0 saturated carbocycles. The van der Waals surface area contributed by atoms with E-state index in [-0.39, 0.29) is 0 Å². The summed E-state index contributed by atoms with van der Waals surface area (Å²) >= 11 is 4.31. The summed E-state index contributed by atoms with van der Waals surface area (Å²) in [4.78, 5) is 17.2. The zero-order valence-electron chi connectivity index (χ0n) is 5.37. The van der Waals surface area contributed by atoms with Crippen LogP contribution in [0.4, 0.5) is 0 Å². The highest BCUT2D eigenvalue weighted by atomic mass is 32.5. The molecule has 0 aliphatic rings. The summed E-state index contributed by atoms with van der Waals surface area (Å²) in [5, 5.41) is 2.46. The van der Waals surface area contributed by atoms with Crippen molar-refractivity contribution in [2.75, 3.05) is 6.54 Å². The normalized spacial score (nSPS) is 11.9. The molecule has 0 aliphatic heterocycles. The van der Waals surface area contributed by atoms with Crippen LogP contribution in [0.3, 0.4) is 0 Å². The zero-order chi connectivity index (χ0) is 7.33. The van der Waals surface area contributed by atoms with E-state index in [4.69, 9.17) is 9.79 Å². The van der Waals surface area contributed by atoms with Crippen molar-refractivity contribution in [3.63, 3.8) is 0 Å². The second-order valence-electron chi connectivity index (χ2n) is 1.81. The molecule has 0 amide bonds. The third kappa shape index (κ3) is 8.53. The quantitative estimate of drug-likeness (QED) is 0.426. The number of unbranched alkanes of at least 4 members (excludes halogenated alkanes) is 1. The van der Waals surface area contributed by atoms with Crippen molar-refractivity contribution in [3.05, 3.63) is 0 Å². The topological polar surface area (TPSA) is 52.5 Å². The van der Waals surface area contributed by atoms with Crippen molar-refractivity contribution in [1.82, 2.24) is 5.09 Å². The first-order valence-corrected chi connectivity index (χ1v) is 5.57. The molecule has 5 heteroatoms. The van der Waals surface area contributed by atoms with Gasteiger partial charge in [0.25, 0.3) is 6.64 Å². The molecule has 0 aromatic heterocycles. The van der Waals surface area contributed by atoms with Crippen LogP contribution in [-0.4, -0.2) is 16.3 Å². The predicted molar refractivity (Wildman–Crippen MR) is 41.6 cm³/mol. The Morgan fingerprint density at radius 2 is 2.11 bits per heavy atom. The molecule has 9 heavy (non-hydrogen) atoms. The predicted octanol–water partition coefficient (Wildman–Crippen LogP) is 0.585. The fourth-order valence-corrected chi connectivity index (χ4v) is 1.12. The molecule has 0 rings (SSSR count). The zero-order valence-corrected chi connectivity index (χ0v) is 7.08. The fraction of sp³-hybridized carbons (Fsp3) is 1.00. The van der Waals surface area contributed by atoms with Gasteiger partial charge in [0.05, 0.1) is 0 Å². The van der Waals surface area contributed by atoms with Crippen LogP contribution in [0.2, 0.25) is 0 Å². The summed E-state index contributed by atoms with van der Waals surface area (Å²) in [7, 11) is 0. The van der Waals surface area contributed by atoms with E-state index in [1.165, 1.54) is 0 Å². The van der Waals surface area contributed by atoms with Gasteiger partial charge in [0.2, 0.25) is 0 Å². The van der Waals surface area contributed by atoms with Crippen LogP contribution < -0.4 is 5.09 Å². The van der Waals surface area contributed by atoms with E-state index in [0.29, 0.717) is 6.54 Å². The maximum absolute atomic E-state index is 8.61. The van der Waals surface area contributed by atoms with Crippen LogP contribution in [0.1, 0.15) is 19.8 Å². The second kappa shape index (κ2) is 4.36. The van der Waals surface area contributed by atoms with Crippen molar-refractivity contribution < 1.29 is 9.79 Å². The van der Waals surface area contributed by atoms with Crippen molar-refractivity contribution in [3.8, 4) is 0 Å². The SMILES string of the molecule is CCCCNP(O)(O)=S. The Labute approximate surface area is 60.3 Å². The monoisotopic (exact) mass is 169 g/mol. The summed E-state index contributed by atoms with van der Waals surface area (Å²) < 4.78 is 0. The lowest BCUT2D eigenvalue weighted by atomic mass is 10.3. The van der Waals surface area contributed by atoms with Crippen LogP contribution in [0, 0.1) is 0 Å². The van der Waals surface area contributed by atoms with E-state index in [1.54, 1.807) is 0 Å². The van der Waals surface area contributed by atoms with Gasteiger partial charge in [0, 0.05) is 6.54 Å². The lowest BCUT2D eigenvalue weighted by Gasteiger charge is -2.07. The Morgan fingerprint density at radius 1 is 1.56 bits per heavy atom. The Hall–Kier alpha value is 0.530. The molecule has 0 heterocycles. The molecule has 0 saturated heterocycles. The Balaban J connectivity index is 3.18. The van der Waals surface area contributed by atoms with Crippen molar-refractivity contribution in [2.45, 2.75) is 19.8 Å². The summed E-state index contributed by atoms with van der Waals surface area (Å²) in [6.45, 7) is -0.486. The highest BCUT2D eigenvalue weighted by Gasteiger charge is 2.02. The van der Waals surface area contributed by atoms with Crippen molar-refractivity contribution in [1.29, 1.82) is 0 Å². The number of hydrogen-bond donors (Lipinski definition) is 3. The molecule has 0 spiro atoms. The van der Waals surface area contributed by atoms with Gasteiger partial charge in [0.15, 0.2) is 0 Å². The van der Waals surface area contributed by atoms with Gasteiger partial charge < -0.3 is 9.79 Å². The van der Waals surface area contributed by atoms with Crippen LogP contribution in [0.5, 0.6) is 0 Å². The molecule has 0 fully saturated rings. The van der Waals surface area contributed by atoms with Gasteiger partial charge in [-0.3, -0.25) is 0 Å². The average molecular weight is 169 g/mol. The van der Waals surface area contributed by atoms with Gasteiger partial charge in [-0.2, -0.15) is 0 Å². The Morgan fingerprint density at radius 3 is 2.44 bits per heavy atom. The lowest BCUT2D eigenvalue weighted by molar-refractivity contribution is 0.459. The van der Waals surface area contributed by atoms with E-state index in [1.807, 2.05) is 6.92 Å². The summed E-state index contributed by atoms with van der Waals surface area (Å²) in [5.41, 5.74) is 0. The fourth-order valence-electron chi connectivity index (χ4n) is 0.401. The smallest absolute Gasteiger partial charge is 0.255 e. The van der Waals surface area contributed by atoms with E-state index < -0.39 is 6.64 Å². The van der Waals surface area contributed by atoms with Crippen LogP contribution in [0.15, 0.2) is 0 Å². The molecule has 3 N–H and O–H groups in total. The second-order valence-corrected chi connectivity index (χ2v) is 4.74. The van der Waals surface area contributed by atoms with Gasteiger partial charge >= 0.3 is 0 Å². The summed E-state index contributed by atoms with van der Waals surface area (Å²) in [5.74, 6) is 0. The molecule has 0 atom stereocenters. The molecule has 0 aliphatic carbocycles. The Bertz CT molecular complexity index is 113. The van der Waals surface area contributed by atoms with Crippen LogP contribution in [-0.2, 0) is 11.8 Å². The standard InChI is InChI=1S/C4H12NO2PS/c1-2-3-4-5-8(6,7)9/h2-4H2,1H3,(H3,5,6,7,9). The molecular formula is C4H12NO2PS. The molecule has 0 radical (unpaired) electrons. The first-order chi connectivity index (χ1) is 4.06. The first-order valence-electron chi connectivity index (χ1n) is 2.87.